The van der Waals surface area contributed by atoms with Crippen molar-refractivity contribution in [2.75, 3.05) is 12.8 Å². The molecular weight excluding hydrogens is 312 g/mol. The van der Waals surface area contributed by atoms with E-state index in [1.807, 2.05) is 6.07 Å². The summed E-state index contributed by atoms with van der Waals surface area (Å²) in [6, 6.07) is 6.91. The highest BCUT2D eigenvalue weighted by molar-refractivity contribution is 9.10. The third kappa shape index (κ3) is 4.30. The fourth-order valence-corrected chi connectivity index (χ4v) is 2.90. The number of carbonyl (C=O) groups is 1. The highest BCUT2D eigenvalue weighted by atomic mass is 79.9. The standard InChI is InChI=1S/C13H17BrN2OS/c1-15-13(17)8-18-12-5-2-10(14)6-9(12)7-16-11-3-4-11/h2,5-6,11,16H,3-4,7-8H2,1H3,(H,15,17). The summed E-state index contributed by atoms with van der Waals surface area (Å²) in [7, 11) is 1.67. The maximum Gasteiger partial charge on any atom is 0.230 e. The Labute approximate surface area is 120 Å². The molecule has 1 aromatic carbocycles. The van der Waals surface area contributed by atoms with Crippen LogP contribution in [0.3, 0.4) is 0 Å². The number of rotatable bonds is 6. The molecule has 1 aliphatic rings. The van der Waals surface area contributed by atoms with Crippen LogP contribution in [0.2, 0.25) is 0 Å². The van der Waals surface area contributed by atoms with E-state index in [0.29, 0.717) is 11.8 Å². The minimum Gasteiger partial charge on any atom is -0.358 e. The van der Waals surface area contributed by atoms with Gasteiger partial charge in [0.05, 0.1) is 5.75 Å². The van der Waals surface area contributed by atoms with Gasteiger partial charge in [-0.3, -0.25) is 4.79 Å². The Hall–Kier alpha value is -0.520. The van der Waals surface area contributed by atoms with Crippen LogP contribution in [0.15, 0.2) is 27.6 Å². The number of hydrogen-bond acceptors (Lipinski definition) is 3. The fourth-order valence-electron chi connectivity index (χ4n) is 1.58. The SMILES string of the molecule is CNC(=O)CSc1ccc(Br)cc1CNC1CC1. The summed E-state index contributed by atoms with van der Waals surface area (Å²) in [5.74, 6) is 0.526. The van der Waals surface area contributed by atoms with E-state index < -0.39 is 0 Å². The first-order valence-electron chi connectivity index (χ1n) is 6.04. The molecule has 0 aliphatic heterocycles. The molecule has 5 heteroatoms. The van der Waals surface area contributed by atoms with Crippen LogP contribution in [-0.2, 0) is 11.3 Å². The van der Waals surface area contributed by atoms with Gasteiger partial charge in [0.1, 0.15) is 0 Å². The van der Waals surface area contributed by atoms with Gasteiger partial charge in [-0.1, -0.05) is 15.9 Å². The van der Waals surface area contributed by atoms with Gasteiger partial charge in [0.2, 0.25) is 5.91 Å². The molecule has 18 heavy (non-hydrogen) atoms. The van der Waals surface area contributed by atoms with Gasteiger partial charge in [-0.05, 0) is 36.6 Å². The van der Waals surface area contributed by atoms with Gasteiger partial charge in [0, 0.05) is 29.0 Å². The predicted octanol–water partition coefficient (Wildman–Crippen LogP) is 2.54. The van der Waals surface area contributed by atoms with Gasteiger partial charge >= 0.3 is 0 Å². The van der Waals surface area contributed by atoms with Gasteiger partial charge in [0.15, 0.2) is 0 Å². The lowest BCUT2D eigenvalue weighted by atomic mass is 10.2. The second-order valence-electron chi connectivity index (χ2n) is 4.37. The average molecular weight is 329 g/mol. The smallest absolute Gasteiger partial charge is 0.230 e. The third-order valence-electron chi connectivity index (χ3n) is 2.82. The van der Waals surface area contributed by atoms with Crippen molar-refractivity contribution >= 4 is 33.6 Å². The van der Waals surface area contributed by atoms with E-state index in [9.17, 15) is 4.79 Å². The van der Waals surface area contributed by atoms with Gasteiger partial charge < -0.3 is 10.6 Å². The molecule has 98 valence electrons. The Morgan fingerprint density at radius 2 is 2.28 bits per heavy atom. The van der Waals surface area contributed by atoms with Crippen molar-refractivity contribution in [1.29, 1.82) is 0 Å². The van der Waals surface area contributed by atoms with Gasteiger partial charge in [-0.15, -0.1) is 11.8 Å². The van der Waals surface area contributed by atoms with Crippen molar-refractivity contribution in [1.82, 2.24) is 10.6 Å². The molecule has 0 unspecified atom stereocenters. The summed E-state index contributed by atoms with van der Waals surface area (Å²) in [6.45, 7) is 0.875. The van der Waals surface area contributed by atoms with E-state index in [1.165, 1.54) is 23.3 Å². The Bertz CT molecular complexity index is 435. The molecule has 2 rings (SSSR count). The highest BCUT2D eigenvalue weighted by Crippen LogP contribution is 2.27. The van der Waals surface area contributed by atoms with Gasteiger partial charge in [-0.2, -0.15) is 0 Å². The summed E-state index contributed by atoms with van der Waals surface area (Å²) >= 11 is 5.08. The summed E-state index contributed by atoms with van der Waals surface area (Å²) in [5, 5.41) is 6.15. The van der Waals surface area contributed by atoms with Gasteiger partial charge in [0.25, 0.3) is 0 Å². The quantitative estimate of drug-likeness (QED) is 0.788. The minimum atomic E-state index is 0.0593. The zero-order valence-corrected chi connectivity index (χ0v) is 12.7. The van der Waals surface area contributed by atoms with Crippen molar-refractivity contribution in [3.05, 3.63) is 28.2 Å². The molecule has 0 heterocycles. The number of benzene rings is 1. The molecule has 1 aromatic rings. The van der Waals surface area contributed by atoms with Crippen molar-refractivity contribution < 1.29 is 4.79 Å². The predicted molar refractivity (Wildman–Crippen MR) is 78.8 cm³/mol. The molecule has 0 atom stereocenters. The van der Waals surface area contributed by atoms with E-state index >= 15 is 0 Å². The van der Waals surface area contributed by atoms with Crippen LogP contribution in [0.25, 0.3) is 0 Å². The lowest BCUT2D eigenvalue weighted by molar-refractivity contribution is -0.118. The topological polar surface area (TPSA) is 41.1 Å². The monoisotopic (exact) mass is 328 g/mol. The van der Waals surface area contributed by atoms with Crippen LogP contribution in [-0.4, -0.2) is 24.7 Å². The number of halogens is 1. The molecule has 1 amide bonds. The first kappa shape index (κ1) is 13.9. The summed E-state index contributed by atoms with van der Waals surface area (Å²) in [6.07, 6.45) is 2.57. The molecule has 3 nitrogen and oxygen atoms in total. The Balaban J connectivity index is 1.99. The molecule has 0 spiro atoms. The van der Waals surface area contributed by atoms with Crippen LogP contribution in [0.4, 0.5) is 0 Å². The summed E-state index contributed by atoms with van der Waals surface area (Å²) in [4.78, 5) is 12.5. The van der Waals surface area contributed by atoms with Crippen LogP contribution in [0.1, 0.15) is 18.4 Å². The normalized spacial score (nSPS) is 14.6. The number of thioether (sulfide) groups is 1. The second kappa shape index (κ2) is 6.59. The summed E-state index contributed by atoms with van der Waals surface area (Å²) in [5.41, 5.74) is 1.25. The van der Waals surface area contributed by atoms with Crippen molar-refractivity contribution in [3.63, 3.8) is 0 Å². The first-order chi connectivity index (χ1) is 8.69. The Morgan fingerprint density at radius 3 is 2.94 bits per heavy atom. The van der Waals surface area contributed by atoms with Crippen LogP contribution in [0, 0.1) is 0 Å². The fraction of sp³-hybridized carbons (Fsp3) is 0.462. The van der Waals surface area contributed by atoms with E-state index in [-0.39, 0.29) is 5.91 Å². The van der Waals surface area contributed by atoms with E-state index in [2.05, 4.69) is 38.7 Å². The number of carbonyl (C=O) groups excluding carboxylic acids is 1. The maximum absolute atomic E-state index is 11.3. The average Bonchev–Trinajstić information content (AvgIpc) is 3.18. The second-order valence-corrected chi connectivity index (χ2v) is 6.30. The molecule has 1 saturated carbocycles. The Kier molecular flexibility index (Phi) is 5.09. The molecule has 0 aromatic heterocycles. The van der Waals surface area contributed by atoms with Crippen molar-refractivity contribution in [2.45, 2.75) is 30.3 Å². The lowest BCUT2D eigenvalue weighted by Crippen LogP contribution is -2.20. The van der Waals surface area contributed by atoms with Crippen molar-refractivity contribution in [3.8, 4) is 0 Å². The van der Waals surface area contributed by atoms with Crippen LogP contribution < -0.4 is 10.6 Å². The zero-order chi connectivity index (χ0) is 13.0. The number of amides is 1. The van der Waals surface area contributed by atoms with Crippen LogP contribution in [0.5, 0.6) is 0 Å². The van der Waals surface area contributed by atoms with E-state index in [1.54, 1.807) is 18.8 Å². The highest BCUT2D eigenvalue weighted by Gasteiger charge is 2.20. The molecule has 1 aliphatic carbocycles. The maximum atomic E-state index is 11.3. The Morgan fingerprint density at radius 1 is 1.50 bits per heavy atom. The van der Waals surface area contributed by atoms with Crippen LogP contribution >= 0.6 is 27.7 Å². The largest absolute Gasteiger partial charge is 0.358 e. The third-order valence-corrected chi connectivity index (χ3v) is 4.43. The molecule has 0 radical (unpaired) electrons. The zero-order valence-electron chi connectivity index (χ0n) is 10.3. The van der Waals surface area contributed by atoms with E-state index in [0.717, 1.165) is 11.0 Å². The summed E-state index contributed by atoms with van der Waals surface area (Å²) < 4.78 is 1.08. The lowest BCUT2D eigenvalue weighted by Gasteiger charge is -2.10. The van der Waals surface area contributed by atoms with E-state index in [4.69, 9.17) is 0 Å². The molecule has 2 N–H and O–H groups in total. The molecule has 0 bridgehead atoms. The minimum absolute atomic E-state index is 0.0593. The molecular formula is C13H17BrN2OS. The molecule has 0 saturated heterocycles. The first-order valence-corrected chi connectivity index (χ1v) is 7.82. The van der Waals surface area contributed by atoms with Gasteiger partial charge in [-0.25, -0.2) is 0 Å². The number of nitrogens with one attached hydrogen (secondary N) is 2. The molecule has 1 fully saturated rings. The van der Waals surface area contributed by atoms with Crippen molar-refractivity contribution in [2.24, 2.45) is 0 Å². The number of hydrogen-bond donors (Lipinski definition) is 2.